The van der Waals surface area contributed by atoms with Crippen molar-refractivity contribution in [2.45, 2.75) is 0 Å². The summed E-state index contributed by atoms with van der Waals surface area (Å²) in [6.07, 6.45) is 0. The summed E-state index contributed by atoms with van der Waals surface area (Å²) >= 11 is 0. The minimum atomic E-state index is 0. The Balaban J connectivity index is -0.00000000500. The summed E-state index contributed by atoms with van der Waals surface area (Å²) in [4.78, 5) is 0. The zero-order valence-electron chi connectivity index (χ0n) is 2.52. The van der Waals surface area contributed by atoms with Crippen LogP contribution in [-0.4, -0.2) is 8.41 Å². The number of hydrogen-bond acceptors (Lipinski definition) is 1. The van der Waals surface area contributed by atoms with Crippen molar-refractivity contribution >= 4 is 8.41 Å². The number of hydrogen-bond donors (Lipinski definition) is 0. The van der Waals surface area contributed by atoms with E-state index in [-0.39, 0.29) is 38.0 Å². The Kier molecular flexibility index (Phi) is 449. The van der Waals surface area contributed by atoms with Gasteiger partial charge in [-0.2, -0.15) is 0 Å². The zero-order valence-corrected chi connectivity index (χ0v) is 4.52. The molecule has 0 aromatic rings. The standard InChI is InChI=1S/CN.B.Na/c1-2;;/q-1;;+1. The number of nitrogens with zero attached hydrogens (tertiary/aromatic N) is 1. The molecular formula is CBNNa. The molecule has 0 saturated carbocycles. The Morgan fingerprint density at radius 1 is 1.25 bits per heavy atom. The van der Waals surface area contributed by atoms with Crippen LogP contribution in [0.5, 0.6) is 0 Å². The normalized spacial score (nSPS) is 0.500. The quantitative estimate of drug-likeness (QED) is 0.212. The van der Waals surface area contributed by atoms with Gasteiger partial charge in [-0.15, -0.1) is 0 Å². The summed E-state index contributed by atoms with van der Waals surface area (Å²) in [5, 5.41) is 6.25. The van der Waals surface area contributed by atoms with Crippen LogP contribution in [-0.2, 0) is 0 Å². The molecular weight excluding hydrogens is 59.8 g/mol. The van der Waals surface area contributed by atoms with Crippen molar-refractivity contribution in [3.8, 4) is 0 Å². The average molecular weight is 59.8 g/mol. The monoisotopic (exact) mass is 60.0 g/mol. The van der Waals surface area contributed by atoms with E-state index in [1.165, 1.54) is 0 Å². The third-order valence-corrected chi connectivity index (χ3v) is 0. The molecule has 0 heterocycles. The molecule has 0 saturated heterocycles. The Hall–Kier alpha value is 0.555. The molecule has 0 rings (SSSR count). The van der Waals surface area contributed by atoms with E-state index in [0.29, 0.717) is 0 Å². The molecule has 0 aromatic heterocycles. The SMILES string of the molecule is [B].[C-]#N.[Na+]. The van der Waals surface area contributed by atoms with E-state index in [2.05, 4.69) is 0 Å². The maximum absolute atomic E-state index is 6.25. The van der Waals surface area contributed by atoms with Gasteiger partial charge in [0.05, 0.1) is 0 Å². The summed E-state index contributed by atoms with van der Waals surface area (Å²) in [5.41, 5.74) is 0. The van der Waals surface area contributed by atoms with E-state index in [9.17, 15) is 0 Å². The molecule has 0 aliphatic rings. The van der Waals surface area contributed by atoms with Gasteiger partial charge in [-0.25, -0.2) is 0 Å². The minimum absolute atomic E-state index is 0. The third kappa shape index (κ3) is 20.1. The van der Waals surface area contributed by atoms with Crippen LogP contribution >= 0.6 is 0 Å². The molecule has 0 aromatic carbocycles. The molecule has 0 aliphatic heterocycles. The van der Waals surface area contributed by atoms with Crippen molar-refractivity contribution in [1.29, 1.82) is 5.26 Å². The molecule has 0 fully saturated rings. The third-order valence-electron chi connectivity index (χ3n) is 0. The predicted octanol–water partition coefficient (Wildman–Crippen LogP) is -3.28. The summed E-state index contributed by atoms with van der Waals surface area (Å²) in [6.45, 7) is 4.75. The fraction of sp³-hybridized carbons (Fsp3) is 0. The molecule has 0 amide bonds. The van der Waals surface area contributed by atoms with Crippen molar-refractivity contribution < 1.29 is 29.6 Å². The molecule has 4 heavy (non-hydrogen) atoms. The summed E-state index contributed by atoms with van der Waals surface area (Å²) < 4.78 is 0. The molecule has 0 unspecified atom stereocenters. The summed E-state index contributed by atoms with van der Waals surface area (Å²) in [6, 6.07) is 0. The topological polar surface area (TPSA) is 23.8 Å². The van der Waals surface area contributed by atoms with Gasteiger partial charge in [0.1, 0.15) is 0 Å². The van der Waals surface area contributed by atoms with Gasteiger partial charge >= 0.3 is 29.6 Å². The van der Waals surface area contributed by atoms with Crippen LogP contribution in [0.15, 0.2) is 0 Å². The van der Waals surface area contributed by atoms with Crippen molar-refractivity contribution in [2.75, 3.05) is 0 Å². The smallest absolute Gasteiger partial charge is 0.512 e. The Bertz CT molecular complexity index is 12.8. The largest absolute Gasteiger partial charge is 1.00 e. The van der Waals surface area contributed by atoms with Crippen molar-refractivity contribution in [1.82, 2.24) is 0 Å². The molecule has 0 spiro atoms. The summed E-state index contributed by atoms with van der Waals surface area (Å²) in [7, 11) is 0. The van der Waals surface area contributed by atoms with E-state index in [4.69, 9.17) is 11.8 Å². The van der Waals surface area contributed by atoms with Gasteiger partial charge in [0, 0.05) is 8.41 Å². The molecule has 0 aliphatic carbocycles. The molecule has 3 heteroatoms. The average Bonchev–Trinajstić information content (AvgIpc) is 1.00. The van der Waals surface area contributed by atoms with Crippen molar-refractivity contribution in [2.24, 2.45) is 0 Å². The molecule has 3 radical (unpaired) electrons. The second-order valence-corrected chi connectivity index (χ2v) is 0. The Morgan fingerprint density at radius 3 is 1.25 bits per heavy atom. The van der Waals surface area contributed by atoms with Gasteiger partial charge in [-0.1, -0.05) is 0 Å². The fourth-order valence-corrected chi connectivity index (χ4v) is 0. The van der Waals surface area contributed by atoms with Crippen LogP contribution in [0.3, 0.4) is 0 Å². The van der Waals surface area contributed by atoms with Gasteiger partial charge in [0.25, 0.3) is 0 Å². The second-order valence-electron chi connectivity index (χ2n) is 0. The molecule has 0 N–H and O–H groups in total. The van der Waals surface area contributed by atoms with E-state index < -0.39 is 0 Å². The van der Waals surface area contributed by atoms with Crippen LogP contribution in [0.1, 0.15) is 0 Å². The first-order valence-electron chi connectivity index (χ1n) is 0.224. The van der Waals surface area contributed by atoms with E-state index in [1.807, 2.05) is 0 Å². The minimum Gasteiger partial charge on any atom is -0.512 e. The van der Waals surface area contributed by atoms with Crippen LogP contribution in [0.2, 0.25) is 0 Å². The van der Waals surface area contributed by atoms with Crippen LogP contribution < -0.4 is 29.6 Å². The molecule has 13 valence electrons. The van der Waals surface area contributed by atoms with E-state index in [1.54, 1.807) is 0 Å². The Labute approximate surface area is 49.9 Å². The van der Waals surface area contributed by atoms with E-state index >= 15 is 0 Å². The van der Waals surface area contributed by atoms with Gasteiger partial charge < -0.3 is 11.8 Å². The van der Waals surface area contributed by atoms with Crippen LogP contribution in [0.4, 0.5) is 0 Å². The zero-order chi connectivity index (χ0) is 2.00. The maximum atomic E-state index is 6.25. The fourth-order valence-electron chi connectivity index (χ4n) is 0. The maximum Gasteiger partial charge on any atom is 1.00 e. The summed E-state index contributed by atoms with van der Waals surface area (Å²) in [5.74, 6) is 0. The van der Waals surface area contributed by atoms with Crippen LogP contribution in [0, 0.1) is 11.8 Å². The Morgan fingerprint density at radius 2 is 1.25 bits per heavy atom. The van der Waals surface area contributed by atoms with Gasteiger partial charge in [0.15, 0.2) is 0 Å². The molecule has 0 atom stereocenters. The first kappa shape index (κ1) is 23.8. The van der Waals surface area contributed by atoms with Gasteiger partial charge in [-0.3, -0.25) is 0 Å². The number of rotatable bonds is 0. The second kappa shape index (κ2) is 75.4. The van der Waals surface area contributed by atoms with Crippen molar-refractivity contribution in [3.05, 3.63) is 6.57 Å². The van der Waals surface area contributed by atoms with Crippen molar-refractivity contribution in [3.63, 3.8) is 0 Å². The molecule has 1 nitrogen and oxygen atoms in total. The van der Waals surface area contributed by atoms with Gasteiger partial charge in [0.2, 0.25) is 0 Å². The first-order chi connectivity index (χ1) is 1.00. The molecule has 0 bridgehead atoms. The van der Waals surface area contributed by atoms with E-state index in [0.717, 1.165) is 0 Å². The van der Waals surface area contributed by atoms with Crippen LogP contribution in [0.25, 0.3) is 0 Å². The predicted molar refractivity (Wildman–Crippen MR) is 10.7 cm³/mol. The first-order valence-corrected chi connectivity index (χ1v) is 0.224. The van der Waals surface area contributed by atoms with Gasteiger partial charge in [-0.05, 0) is 0 Å².